The second-order valence-corrected chi connectivity index (χ2v) is 6.44. The van der Waals surface area contributed by atoms with Gasteiger partial charge in [0.2, 0.25) is 0 Å². The molecule has 5 nitrogen and oxygen atoms in total. The van der Waals surface area contributed by atoms with Gasteiger partial charge in [-0.2, -0.15) is 0 Å². The summed E-state index contributed by atoms with van der Waals surface area (Å²) in [5, 5.41) is 6.75. The van der Waals surface area contributed by atoms with Crippen molar-refractivity contribution < 1.29 is 0 Å². The predicted molar refractivity (Wildman–Crippen MR) is 89.3 cm³/mol. The van der Waals surface area contributed by atoms with Gasteiger partial charge in [0, 0.05) is 19.1 Å². The van der Waals surface area contributed by atoms with Crippen LogP contribution in [-0.2, 0) is 0 Å². The molecular formula is C14H26BrN5. The van der Waals surface area contributed by atoms with Crippen molar-refractivity contribution in [2.75, 3.05) is 37.8 Å². The molecule has 0 fully saturated rings. The molecule has 1 unspecified atom stereocenters. The molecule has 20 heavy (non-hydrogen) atoms. The van der Waals surface area contributed by atoms with Gasteiger partial charge >= 0.3 is 0 Å². The summed E-state index contributed by atoms with van der Waals surface area (Å²) in [6.07, 6.45) is 2.69. The molecule has 0 aliphatic heterocycles. The molecule has 0 saturated carbocycles. The monoisotopic (exact) mass is 343 g/mol. The number of likely N-dealkylation sites (N-methyl/N-ethyl adjacent to an activating group) is 1. The summed E-state index contributed by atoms with van der Waals surface area (Å²) < 4.78 is 0.898. The SMILES string of the molecule is CCNc1ncnc(NC(CC(C)C)CN(C)C)c1Br. The van der Waals surface area contributed by atoms with Gasteiger partial charge in [0.1, 0.15) is 22.4 Å². The third-order valence-electron chi connectivity index (χ3n) is 2.82. The Morgan fingerprint density at radius 1 is 1.25 bits per heavy atom. The first-order valence-electron chi connectivity index (χ1n) is 7.09. The Morgan fingerprint density at radius 2 is 1.90 bits per heavy atom. The summed E-state index contributed by atoms with van der Waals surface area (Å²) in [7, 11) is 4.18. The number of hydrogen-bond acceptors (Lipinski definition) is 5. The minimum Gasteiger partial charge on any atom is -0.369 e. The first-order valence-corrected chi connectivity index (χ1v) is 7.89. The molecule has 0 aliphatic rings. The van der Waals surface area contributed by atoms with Crippen molar-refractivity contribution >= 4 is 27.6 Å². The Morgan fingerprint density at radius 3 is 2.45 bits per heavy atom. The van der Waals surface area contributed by atoms with Crippen LogP contribution >= 0.6 is 15.9 Å². The van der Waals surface area contributed by atoms with Gasteiger partial charge in [0.15, 0.2) is 0 Å². The summed E-state index contributed by atoms with van der Waals surface area (Å²) in [6.45, 7) is 8.34. The van der Waals surface area contributed by atoms with Gasteiger partial charge in [-0.15, -0.1) is 0 Å². The quantitative estimate of drug-likeness (QED) is 0.759. The molecule has 0 bridgehead atoms. The standard InChI is InChI=1S/C14H26BrN5/c1-6-16-13-12(15)14(18-9-17-13)19-11(7-10(2)3)8-20(4)5/h9-11H,6-8H2,1-5H3,(H2,16,17,18,19). The van der Waals surface area contributed by atoms with E-state index in [1.165, 1.54) is 0 Å². The smallest absolute Gasteiger partial charge is 0.146 e. The molecule has 0 aromatic carbocycles. The lowest BCUT2D eigenvalue weighted by molar-refractivity contribution is 0.356. The Bertz CT molecular complexity index is 399. The minimum atomic E-state index is 0.366. The van der Waals surface area contributed by atoms with Crippen LogP contribution in [0.15, 0.2) is 10.8 Å². The normalized spacial score (nSPS) is 12.8. The lowest BCUT2D eigenvalue weighted by atomic mass is 10.0. The maximum Gasteiger partial charge on any atom is 0.146 e. The first kappa shape index (κ1) is 17.2. The average molecular weight is 344 g/mol. The van der Waals surface area contributed by atoms with Crippen LogP contribution in [0.1, 0.15) is 27.2 Å². The van der Waals surface area contributed by atoms with Crippen molar-refractivity contribution in [1.82, 2.24) is 14.9 Å². The molecule has 1 rings (SSSR count). The second kappa shape index (κ2) is 8.42. The average Bonchev–Trinajstić information content (AvgIpc) is 2.32. The van der Waals surface area contributed by atoms with Gasteiger partial charge < -0.3 is 15.5 Å². The second-order valence-electron chi connectivity index (χ2n) is 5.65. The van der Waals surface area contributed by atoms with Gasteiger partial charge in [-0.3, -0.25) is 0 Å². The third kappa shape index (κ3) is 5.63. The molecule has 1 atom stereocenters. The van der Waals surface area contributed by atoms with Gasteiger partial charge in [-0.1, -0.05) is 13.8 Å². The Hall–Kier alpha value is -0.880. The zero-order valence-corrected chi connectivity index (χ0v) is 14.7. The fourth-order valence-corrected chi connectivity index (χ4v) is 2.60. The van der Waals surface area contributed by atoms with Crippen LogP contribution in [0, 0.1) is 5.92 Å². The number of hydrogen-bond donors (Lipinski definition) is 2. The van der Waals surface area contributed by atoms with E-state index in [4.69, 9.17) is 0 Å². The van der Waals surface area contributed by atoms with Crippen molar-refractivity contribution in [1.29, 1.82) is 0 Å². The highest BCUT2D eigenvalue weighted by atomic mass is 79.9. The zero-order valence-electron chi connectivity index (χ0n) is 13.1. The van der Waals surface area contributed by atoms with Gasteiger partial charge in [0.25, 0.3) is 0 Å². The summed E-state index contributed by atoms with van der Waals surface area (Å²) in [5.41, 5.74) is 0. The number of halogens is 1. The highest BCUT2D eigenvalue weighted by Gasteiger charge is 2.15. The fourth-order valence-electron chi connectivity index (χ4n) is 2.14. The number of nitrogens with zero attached hydrogens (tertiary/aromatic N) is 3. The largest absolute Gasteiger partial charge is 0.369 e. The van der Waals surface area contributed by atoms with E-state index in [-0.39, 0.29) is 0 Å². The molecule has 2 N–H and O–H groups in total. The van der Waals surface area contributed by atoms with Crippen LogP contribution in [0.5, 0.6) is 0 Å². The van der Waals surface area contributed by atoms with Crippen molar-refractivity contribution in [2.45, 2.75) is 33.2 Å². The van der Waals surface area contributed by atoms with Crippen molar-refractivity contribution in [3.63, 3.8) is 0 Å². The highest BCUT2D eigenvalue weighted by molar-refractivity contribution is 9.10. The number of aromatic nitrogens is 2. The van der Waals surface area contributed by atoms with E-state index in [0.717, 1.165) is 35.6 Å². The van der Waals surface area contributed by atoms with Crippen LogP contribution in [0.3, 0.4) is 0 Å². The van der Waals surface area contributed by atoms with Gasteiger partial charge in [0.05, 0.1) is 0 Å². The molecule has 0 spiro atoms. The molecule has 1 heterocycles. The van der Waals surface area contributed by atoms with Crippen LogP contribution < -0.4 is 10.6 Å². The van der Waals surface area contributed by atoms with E-state index in [2.05, 4.69) is 76.3 Å². The maximum absolute atomic E-state index is 4.35. The lowest BCUT2D eigenvalue weighted by Gasteiger charge is -2.25. The molecule has 0 aliphatic carbocycles. The molecule has 0 amide bonds. The molecule has 0 saturated heterocycles. The van der Waals surface area contributed by atoms with E-state index in [1.807, 2.05) is 0 Å². The molecule has 1 aromatic heterocycles. The number of nitrogens with one attached hydrogen (secondary N) is 2. The Labute approximate surface area is 130 Å². The Kier molecular flexibility index (Phi) is 7.23. The molecular weight excluding hydrogens is 318 g/mol. The van der Waals surface area contributed by atoms with Crippen LogP contribution in [0.2, 0.25) is 0 Å². The summed E-state index contributed by atoms with van der Waals surface area (Å²) in [4.78, 5) is 10.8. The topological polar surface area (TPSA) is 53.1 Å². The molecule has 114 valence electrons. The molecule has 1 aromatic rings. The van der Waals surface area contributed by atoms with Gasteiger partial charge in [-0.25, -0.2) is 9.97 Å². The van der Waals surface area contributed by atoms with E-state index in [1.54, 1.807) is 6.33 Å². The van der Waals surface area contributed by atoms with Gasteiger partial charge in [-0.05, 0) is 49.3 Å². The van der Waals surface area contributed by atoms with E-state index < -0.39 is 0 Å². The predicted octanol–water partition coefficient (Wildman–Crippen LogP) is 3.06. The van der Waals surface area contributed by atoms with E-state index in [9.17, 15) is 0 Å². The van der Waals surface area contributed by atoms with Crippen molar-refractivity contribution in [3.8, 4) is 0 Å². The van der Waals surface area contributed by atoms with Crippen LogP contribution in [-0.4, -0.2) is 48.1 Å². The van der Waals surface area contributed by atoms with Crippen molar-refractivity contribution in [2.24, 2.45) is 5.92 Å². The Balaban J connectivity index is 2.84. The fraction of sp³-hybridized carbons (Fsp3) is 0.714. The van der Waals surface area contributed by atoms with Crippen LogP contribution in [0.25, 0.3) is 0 Å². The molecule has 6 heteroatoms. The van der Waals surface area contributed by atoms with Crippen molar-refractivity contribution in [3.05, 3.63) is 10.8 Å². The third-order valence-corrected chi connectivity index (χ3v) is 3.57. The van der Waals surface area contributed by atoms with E-state index >= 15 is 0 Å². The maximum atomic E-state index is 4.35. The summed E-state index contributed by atoms with van der Waals surface area (Å²) >= 11 is 3.58. The lowest BCUT2D eigenvalue weighted by Crippen LogP contribution is -2.34. The highest BCUT2D eigenvalue weighted by Crippen LogP contribution is 2.27. The summed E-state index contributed by atoms with van der Waals surface area (Å²) in [6, 6.07) is 0.366. The minimum absolute atomic E-state index is 0.366. The zero-order chi connectivity index (χ0) is 15.1. The molecule has 0 radical (unpaired) electrons. The first-order chi connectivity index (χ1) is 9.43. The summed E-state index contributed by atoms with van der Waals surface area (Å²) in [5.74, 6) is 2.32. The van der Waals surface area contributed by atoms with Crippen LogP contribution in [0.4, 0.5) is 11.6 Å². The number of rotatable bonds is 8. The van der Waals surface area contributed by atoms with E-state index in [0.29, 0.717) is 12.0 Å². The number of anilines is 2.